The minimum Gasteiger partial charge on any atom is -0.409 e. The molecule has 7 nitrogen and oxygen atoms in total. The molecule has 4 rings (SSSR count). The van der Waals surface area contributed by atoms with Crippen LogP contribution in [0, 0.1) is 6.92 Å². The number of hydrogen-bond donors (Lipinski definition) is 1. The Bertz CT molecular complexity index is 1260. The molecule has 1 aliphatic rings. The van der Waals surface area contributed by atoms with Crippen molar-refractivity contribution in [1.29, 1.82) is 0 Å². The number of carbonyl (C=O) groups is 2. The predicted molar refractivity (Wildman–Crippen MR) is 131 cm³/mol. The molecule has 1 aliphatic heterocycles. The fraction of sp³-hybridized carbons (Fsp3) is 0.318. The van der Waals surface area contributed by atoms with Gasteiger partial charge in [0.05, 0.1) is 21.3 Å². The van der Waals surface area contributed by atoms with Crippen molar-refractivity contribution in [2.45, 2.75) is 13.1 Å². The maximum absolute atomic E-state index is 13.0. The highest BCUT2D eigenvalue weighted by molar-refractivity contribution is 7.22. The zero-order chi connectivity index (χ0) is 24.6. The van der Waals surface area contributed by atoms with E-state index in [4.69, 9.17) is 16.3 Å². The van der Waals surface area contributed by atoms with Crippen LogP contribution < -0.4 is 10.1 Å². The van der Waals surface area contributed by atoms with Gasteiger partial charge in [0.2, 0.25) is 0 Å². The number of anilines is 1. The molecule has 0 saturated carbocycles. The van der Waals surface area contributed by atoms with E-state index < -0.39 is 23.7 Å². The number of likely N-dealkylation sites (N-methyl/N-ethyl adjacent to an activating group) is 1. The number of aryl methyl sites for hydroxylation is 1. The Balaban J connectivity index is 0.00000342. The van der Waals surface area contributed by atoms with Crippen LogP contribution >= 0.6 is 35.3 Å². The molecule has 0 radical (unpaired) electrons. The monoisotopic (exact) mass is 548 g/mol. The number of nitrogens with one attached hydrogen (secondary N) is 1. The van der Waals surface area contributed by atoms with Crippen molar-refractivity contribution in [3.8, 4) is 5.75 Å². The third kappa shape index (κ3) is 6.16. The van der Waals surface area contributed by atoms with Gasteiger partial charge in [-0.05, 0) is 49.9 Å². The Kier molecular flexibility index (Phi) is 8.15. The molecule has 1 N–H and O–H groups in total. The molecule has 0 atom stereocenters. The molecule has 0 aliphatic carbocycles. The summed E-state index contributed by atoms with van der Waals surface area (Å²) in [4.78, 5) is 33.6. The van der Waals surface area contributed by atoms with Crippen molar-refractivity contribution in [2.24, 2.45) is 0 Å². The van der Waals surface area contributed by atoms with Gasteiger partial charge in [-0.2, -0.15) is 13.2 Å². The number of alkyl halides is 3. The first kappa shape index (κ1) is 27.0. The highest BCUT2D eigenvalue weighted by atomic mass is 35.5. The van der Waals surface area contributed by atoms with Gasteiger partial charge in [-0.3, -0.25) is 10.1 Å². The van der Waals surface area contributed by atoms with Crippen LogP contribution in [0.3, 0.4) is 0 Å². The standard InChI is InChI=1S/C22H20ClF3N4O3S.ClH/c1-12-9-14(23)11-15(18(12)33-21(32)30-7-5-29(2)6-8-30)19(31)28-20-27-16-4-3-13(22(24,25)26)10-17(16)34-20;/h3-4,9-11H,5-8H2,1-2H3,(H,27,28,31);1H. The molecule has 35 heavy (non-hydrogen) atoms. The zero-order valence-corrected chi connectivity index (χ0v) is 21.0. The fourth-order valence-corrected chi connectivity index (χ4v) is 4.67. The second-order valence-electron chi connectivity index (χ2n) is 7.91. The number of aromatic nitrogens is 1. The van der Waals surface area contributed by atoms with Gasteiger partial charge in [0, 0.05) is 31.2 Å². The number of ether oxygens (including phenoxy) is 1. The summed E-state index contributed by atoms with van der Waals surface area (Å²) in [6.07, 6.45) is -5.06. The number of thiazole rings is 1. The van der Waals surface area contributed by atoms with E-state index in [1.54, 1.807) is 17.9 Å². The van der Waals surface area contributed by atoms with Gasteiger partial charge in [-0.1, -0.05) is 22.9 Å². The van der Waals surface area contributed by atoms with Crippen LogP contribution in [0.2, 0.25) is 5.02 Å². The molecule has 3 aromatic rings. The van der Waals surface area contributed by atoms with Crippen LogP contribution in [-0.2, 0) is 6.18 Å². The number of halogens is 5. The molecule has 0 bridgehead atoms. The van der Waals surface area contributed by atoms with E-state index in [0.717, 1.165) is 23.5 Å². The molecule has 1 saturated heterocycles. The number of amides is 2. The van der Waals surface area contributed by atoms with Crippen molar-refractivity contribution in [3.05, 3.63) is 52.0 Å². The topological polar surface area (TPSA) is 74.8 Å². The normalized spacial score (nSPS) is 14.5. The van der Waals surface area contributed by atoms with Gasteiger partial charge in [-0.15, -0.1) is 12.4 Å². The molecular formula is C22H21Cl2F3N4O3S. The summed E-state index contributed by atoms with van der Waals surface area (Å²) in [7, 11) is 1.96. The van der Waals surface area contributed by atoms with E-state index in [0.29, 0.717) is 37.3 Å². The number of nitrogens with zero attached hydrogens (tertiary/aromatic N) is 3. The largest absolute Gasteiger partial charge is 0.416 e. The Morgan fingerprint density at radius 3 is 2.49 bits per heavy atom. The lowest BCUT2D eigenvalue weighted by Crippen LogP contribution is -2.48. The van der Waals surface area contributed by atoms with Gasteiger partial charge in [0.1, 0.15) is 5.75 Å². The quantitative estimate of drug-likeness (QED) is 0.454. The molecule has 1 fully saturated rings. The molecule has 1 aromatic heterocycles. The number of carbonyl (C=O) groups excluding carboxylic acids is 2. The lowest BCUT2D eigenvalue weighted by atomic mass is 10.1. The van der Waals surface area contributed by atoms with E-state index >= 15 is 0 Å². The highest BCUT2D eigenvalue weighted by Crippen LogP contribution is 2.35. The maximum atomic E-state index is 13.0. The SMILES string of the molecule is Cc1cc(Cl)cc(C(=O)Nc2nc3ccc(C(F)(F)F)cc3s2)c1OC(=O)N1CCN(C)CC1.Cl. The third-order valence-electron chi connectivity index (χ3n) is 5.37. The summed E-state index contributed by atoms with van der Waals surface area (Å²) < 4.78 is 44.8. The van der Waals surface area contributed by atoms with Crippen LogP contribution in [0.1, 0.15) is 21.5 Å². The average molecular weight is 549 g/mol. The molecule has 2 aromatic carbocycles. The molecule has 188 valence electrons. The van der Waals surface area contributed by atoms with Crippen molar-refractivity contribution in [1.82, 2.24) is 14.8 Å². The minimum atomic E-state index is -4.48. The van der Waals surface area contributed by atoms with Crippen LogP contribution in [0.4, 0.5) is 23.1 Å². The molecule has 0 unspecified atom stereocenters. The molecule has 13 heteroatoms. The smallest absolute Gasteiger partial charge is 0.409 e. The number of hydrogen-bond acceptors (Lipinski definition) is 6. The van der Waals surface area contributed by atoms with Gasteiger partial charge < -0.3 is 14.5 Å². The molecule has 2 amide bonds. The summed E-state index contributed by atoms with van der Waals surface area (Å²) in [5.41, 5.74) is 0.0179. The van der Waals surface area contributed by atoms with E-state index in [1.165, 1.54) is 12.1 Å². The summed E-state index contributed by atoms with van der Waals surface area (Å²) in [6.45, 7) is 4.06. The number of benzene rings is 2. The first-order chi connectivity index (χ1) is 16.0. The molecule has 0 spiro atoms. The summed E-state index contributed by atoms with van der Waals surface area (Å²) in [5.74, 6) is -0.590. The average Bonchev–Trinajstić information content (AvgIpc) is 3.16. The number of rotatable bonds is 3. The minimum absolute atomic E-state index is 0. The van der Waals surface area contributed by atoms with Crippen molar-refractivity contribution in [3.63, 3.8) is 0 Å². The van der Waals surface area contributed by atoms with Crippen LogP contribution in [0.5, 0.6) is 5.75 Å². The van der Waals surface area contributed by atoms with Crippen molar-refractivity contribution in [2.75, 3.05) is 38.5 Å². The summed E-state index contributed by atoms with van der Waals surface area (Å²) in [5, 5.41) is 2.95. The third-order valence-corrected chi connectivity index (χ3v) is 6.52. The first-order valence-corrected chi connectivity index (χ1v) is 11.5. The Morgan fingerprint density at radius 1 is 1.14 bits per heavy atom. The van der Waals surface area contributed by atoms with E-state index in [2.05, 4.69) is 15.2 Å². The Hall–Kier alpha value is -2.60. The summed E-state index contributed by atoms with van der Waals surface area (Å²) in [6, 6.07) is 6.10. The van der Waals surface area contributed by atoms with E-state index in [1.807, 2.05) is 7.05 Å². The summed E-state index contributed by atoms with van der Waals surface area (Å²) >= 11 is 7.04. The van der Waals surface area contributed by atoms with Gasteiger partial charge >= 0.3 is 12.3 Å². The first-order valence-electron chi connectivity index (χ1n) is 10.3. The van der Waals surface area contributed by atoms with Crippen LogP contribution in [-0.4, -0.2) is 60.0 Å². The zero-order valence-electron chi connectivity index (χ0n) is 18.6. The lowest BCUT2D eigenvalue weighted by Gasteiger charge is -2.31. The van der Waals surface area contributed by atoms with Crippen molar-refractivity contribution >= 4 is 62.7 Å². The highest BCUT2D eigenvalue weighted by Gasteiger charge is 2.31. The molecule has 2 heterocycles. The second kappa shape index (κ2) is 10.6. The Morgan fingerprint density at radius 2 is 1.83 bits per heavy atom. The Labute approximate surface area is 214 Å². The molecular weight excluding hydrogens is 528 g/mol. The van der Waals surface area contributed by atoms with Gasteiger partial charge in [-0.25, -0.2) is 9.78 Å². The van der Waals surface area contributed by atoms with Crippen LogP contribution in [0.15, 0.2) is 30.3 Å². The van der Waals surface area contributed by atoms with E-state index in [9.17, 15) is 22.8 Å². The second-order valence-corrected chi connectivity index (χ2v) is 9.38. The van der Waals surface area contributed by atoms with Crippen molar-refractivity contribution < 1.29 is 27.5 Å². The van der Waals surface area contributed by atoms with Crippen LogP contribution in [0.25, 0.3) is 10.2 Å². The maximum Gasteiger partial charge on any atom is 0.416 e. The van der Waals surface area contributed by atoms with E-state index in [-0.39, 0.29) is 38.6 Å². The predicted octanol–water partition coefficient (Wildman–Crippen LogP) is 5.70. The number of fused-ring (bicyclic) bond motifs is 1. The fourth-order valence-electron chi connectivity index (χ4n) is 3.49. The van der Waals surface area contributed by atoms with Gasteiger partial charge in [0.25, 0.3) is 5.91 Å². The van der Waals surface area contributed by atoms with Gasteiger partial charge in [0.15, 0.2) is 5.13 Å². The number of piperazine rings is 1. The lowest BCUT2D eigenvalue weighted by molar-refractivity contribution is -0.137.